The highest BCUT2D eigenvalue weighted by molar-refractivity contribution is 7.88. The van der Waals surface area contributed by atoms with Crippen molar-refractivity contribution in [3.05, 3.63) is 33.8 Å². The molecule has 0 saturated carbocycles. The fourth-order valence-electron chi connectivity index (χ4n) is 2.16. The van der Waals surface area contributed by atoms with Gasteiger partial charge in [-0.25, -0.2) is 8.42 Å². The van der Waals surface area contributed by atoms with E-state index in [1.165, 1.54) is 0 Å². The van der Waals surface area contributed by atoms with Crippen LogP contribution in [-0.4, -0.2) is 38.4 Å². The third-order valence-corrected chi connectivity index (χ3v) is 5.82. The van der Waals surface area contributed by atoms with Crippen molar-refractivity contribution in [2.75, 3.05) is 19.6 Å². The average molecular weight is 360 g/mol. The summed E-state index contributed by atoms with van der Waals surface area (Å²) in [5.41, 5.74) is 0.653. The van der Waals surface area contributed by atoms with Gasteiger partial charge in [0.15, 0.2) is 0 Å². The zero-order valence-corrected chi connectivity index (χ0v) is 14.1. The van der Waals surface area contributed by atoms with Gasteiger partial charge in [0.1, 0.15) is 0 Å². The lowest BCUT2D eigenvalue weighted by atomic mass is 10.2. The van der Waals surface area contributed by atoms with Gasteiger partial charge in [-0.15, -0.1) is 12.4 Å². The molecule has 1 aromatic carbocycles. The molecule has 4 nitrogen and oxygen atoms in total. The molecule has 1 aliphatic heterocycles. The normalized spacial score (nSPS) is 20.4. The van der Waals surface area contributed by atoms with Crippen LogP contribution in [0.2, 0.25) is 10.0 Å². The van der Waals surface area contributed by atoms with E-state index in [-0.39, 0.29) is 24.2 Å². The van der Waals surface area contributed by atoms with Gasteiger partial charge in [0, 0.05) is 25.7 Å². The Bertz CT molecular complexity index is 566. The lowest BCUT2D eigenvalue weighted by Gasteiger charge is -2.32. The van der Waals surface area contributed by atoms with Crippen LogP contribution in [0.5, 0.6) is 0 Å². The summed E-state index contributed by atoms with van der Waals surface area (Å²) in [6.07, 6.45) is 0. The summed E-state index contributed by atoms with van der Waals surface area (Å²) >= 11 is 11.7. The molecule has 0 spiro atoms. The summed E-state index contributed by atoms with van der Waals surface area (Å²) in [5.74, 6) is -0.0474. The molecule has 114 valence electrons. The molecule has 1 heterocycles. The quantitative estimate of drug-likeness (QED) is 0.902. The van der Waals surface area contributed by atoms with Crippen LogP contribution in [-0.2, 0) is 15.8 Å². The first-order valence-corrected chi connectivity index (χ1v) is 8.41. The number of nitrogens with zero attached hydrogens (tertiary/aromatic N) is 1. The lowest BCUT2D eigenvalue weighted by Crippen LogP contribution is -2.52. The molecule has 0 aromatic heterocycles. The maximum atomic E-state index is 12.4. The topological polar surface area (TPSA) is 49.4 Å². The summed E-state index contributed by atoms with van der Waals surface area (Å²) in [6.45, 7) is 3.77. The van der Waals surface area contributed by atoms with Crippen LogP contribution >= 0.6 is 35.6 Å². The fraction of sp³-hybridized carbons (Fsp3) is 0.500. The SMILES string of the molecule is CC1CNCCN1S(=O)(=O)Cc1ccc(Cl)c(Cl)c1.Cl. The molecule has 1 N–H and O–H groups in total. The van der Waals surface area contributed by atoms with Crippen molar-refractivity contribution in [3.63, 3.8) is 0 Å². The molecule has 8 heteroatoms. The third-order valence-electron chi connectivity index (χ3n) is 3.13. The van der Waals surface area contributed by atoms with Gasteiger partial charge < -0.3 is 5.32 Å². The number of piperazine rings is 1. The molecule has 0 radical (unpaired) electrons. The summed E-state index contributed by atoms with van der Waals surface area (Å²) in [6, 6.07) is 4.89. The van der Waals surface area contributed by atoms with E-state index in [0.717, 1.165) is 0 Å². The van der Waals surface area contributed by atoms with Gasteiger partial charge in [0.25, 0.3) is 0 Å². The smallest absolute Gasteiger partial charge is 0.218 e. The van der Waals surface area contributed by atoms with Gasteiger partial charge in [0.2, 0.25) is 10.0 Å². The summed E-state index contributed by atoms with van der Waals surface area (Å²) in [7, 11) is -3.32. The number of hydrogen-bond acceptors (Lipinski definition) is 3. The predicted octanol–water partition coefficient (Wildman–Crippen LogP) is 2.54. The van der Waals surface area contributed by atoms with Crippen LogP contribution in [0.25, 0.3) is 0 Å². The zero-order chi connectivity index (χ0) is 14.0. The van der Waals surface area contributed by atoms with Crippen molar-refractivity contribution in [1.82, 2.24) is 9.62 Å². The van der Waals surface area contributed by atoms with Crippen molar-refractivity contribution in [1.29, 1.82) is 0 Å². The minimum absolute atomic E-state index is 0. The Hall–Kier alpha value is -0.0400. The highest BCUT2D eigenvalue weighted by Crippen LogP contribution is 2.24. The van der Waals surface area contributed by atoms with E-state index in [2.05, 4.69) is 5.32 Å². The molecule has 0 aliphatic carbocycles. The molecule has 1 aliphatic rings. The van der Waals surface area contributed by atoms with Gasteiger partial charge in [-0.05, 0) is 24.6 Å². The van der Waals surface area contributed by atoms with Gasteiger partial charge in [-0.1, -0.05) is 29.3 Å². The van der Waals surface area contributed by atoms with Crippen molar-refractivity contribution in [2.45, 2.75) is 18.7 Å². The second-order valence-electron chi connectivity index (χ2n) is 4.67. The van der Waals surface area contributed by atoms with E-state index < -0.39 is 10.0 Å². The number of nitrogens with one attached hydrogen (secondary N) is 1. The molecular weight excluding hydrogens is 343 g/mol. The van der Waals surface area contributed by atoms with Crippen LogP contribution < -0.4 is 5.32 Å². The molecule has 1 saturated heterocycles. The second kappa shape index (κ2) is 7.29. The standard InChI is InChI=1S/C12H16Cl2N2O2S.ClH/c1-9-7-15-4-5-16(9)19(17,18)8-10-2-3-11(13)12(14)6-10;/h2-3,6,9,15H,4-5,7-8H2,1H3;1H. The summed E-state index contributed by atoms with van der Waals surface area (Å²) in [4.78, 5) is 0. The largest absolute Gasteiger partial charge is 0.314 e. The molecule has 1 unspecified atom stereocenters. The molecule has 1 atom stereocenters. The second-order valence-corrected chi connectivity index (χ2v) is 7.40. The minimum atomic E-state index is -3.32. The van der Waals surface area contributed by atoms with Crippen LogP contribution in [0, 0.1) is 0 Å². The zero-order valence-electron chi connectivity index (χ0n) is 11.0. The van der Waals surface area contributed by atoms with Crippen molar-refractivity contribution in [3.8, 4) is 0 Å². The maximum Gasteiger partial charge on any atom is 0.218 e. The van der Waals surface area contributed by atoms with Gasteiger partial charge >= 0.3 is 0 Å². The monoisotopic (exact) mass is 358 g/mol. The molecule has 1 aromatic rings. The van der Waals surface area contributed by atoms with Gasteiger partial charge in [-0.3, -0.25) is 0 Å². The summed E-state index contributed by atoms with van der Waals surface area (Å²) < 4.78 is 26.3. The van der Waals surface area contributed by atoms with Crippen LogP contribution in [0.15, 0.2) is 18.2 Å². The van der Waals surface area contributed by atoms with Gasteiger partial charge in [-0.2, -0.15) is 4.31 Å². The van der Waals surface area contributed by atoms with E-state index in [1.807, 2.05) is 6.92 Å². The third kappa shape index (κ3) is 4.23. The van der Waals surface area contributed by atoms with Crippen molar-refractivity contribution in [2.24, 2.45) is 0 Å². The molecule has 2 rings (SSSR count). The minimum Gasteiger partial charge on any atom is -0.314 e. The highest BCUT2D eigenvalue weighted by atomic mass is 35.5. The fourth-order valence-corrected chi connectivity index (χ4v) is 4.24. The lowest BCUT2D eigenvalue weighted by molar-refractivity contribution is 0.283. The first-order valence-electron chi connectivity index (χ1n) is 6.04. The Labute approximate surface area is 135 Å². The van der Waals surface area contributed by atoms with Gasteiger partial charge in [0.05, 0.1) is 15.8 Å². The molecule has 0 amide bonds. The van der Waals surface area contributed by atoms with E-state index in [0.29, 0.717) is 35.2 Å². The maximum absolute atomic E-state index is 12.4. The van der Waals surface area contributed by atoms with E-state index >= 15 is 0 Å². The van der Waals surface area contributed by atoms with Crippen molar-refractivity contribution < 1.29 is 8.42 Å². The average Bonchev–Trinajstić information content (AvgIpc) is 2.34. The van der Waals surface area contributed by atoms with Crippen molar-refractivity contribution >= 4 is 45.6 Å². The molecule has 20 heavy (non-hydrogen) atoms. The number of hydrogen-bond donors (Lipinski definition) is 1. The summed E-state index contributed by atoms with van der Waals surface area (Å²) in [5, 5.41) is 3.98. The number of rotatable bonds is 3. The predicted molar refractivity (Wildman–Crippen MR) is 85.4 cm³/mol. The Morgan fingerprint density at radius 1 is 1.35 bits per heavy atom. The Kier molecular flexibility index (Phi) is 6.57. The highest BCUT2D eigenvalue weighted by Gasteiger charge is 2.29. The van der Waals surface area contributed by atoms with E-state index in [9.17, 15) is 8.42 Å². The van der Waals surface area contributed by atoms with Crippen LogP contribution in [0.4, 0.5) is 0 Å². The van der Waals surface area contributed by atoms with E-state index in [1.54, 1.807) is 22.5 Å². The number of halogens is 3. The Morgan fingerprint density at radius 2 is 2.05 bits per heavy atom. The number of sulfonamides is 1. The number of benzene rings is 1. The molecular formula is C12H17Cl3N2O2S. The molecule has 0 bridgehead atoms. The van der Waals surface area contributed by atoms with Crippen LogP contribution in [0.3, 0.4) is 0 Å². The first-order chi connectivity index (χ1) is 8.90. The first kappa shape index (κ1) is 18.0. The molecule has 1 fully saturated rings. The Morgan fingerprint density at radius 3 is 2.65 bits per heavy atom. The van der Waals surface area contributed by atoms with Crippen LogP contribution in [0.1, 0.15) is 12.5 Å². The van der Waals surface area contributed by atoms with E-state index in [4.69, 9.17) is 23.2 Å². The Balaban J connectivity index is 0.00000200.